The van der Waals surface area contributed by atoms with Crippen molar-refractivity contribution >= 4 is 87.9 Å². The Morgan fingerprint density at radius 1 is 0.529 bits per heavy atom. The normalized spacial score (nSPS) is 10.6. The van der Waals surface area contributed by atoms with Crippen molar-refractivity contribution in [2.24, 2.45) is 0 Å². The summed E-state index contributed by atoms with van der Waals surface area (Å²) in [4.78, 5) is 92.9. The molecule has 0 amide bonds. The summed E-state index contributed by atoms with van der Waals surface area (Å²) in [6.07, 6.45) is 0. The van der Waals surface area contributed by atoms with Crippen LogP contribution in [0.15, 0.2) is 0 Å². The Morgan fingerprint density at radius 3 is 0.529 bits per heavy atom. The molecule has 0 radical (unpaired) electrons. The molecule has 0 spiro atoms. The summed E-state index contributed by atoms with van der Waals surface area (Å²) in [6, 6.07) is 0. The summed E-state index contributed by atoms with van der Waals surface area (Å²) in [5.41, 5.74) is 0. The first-order valence-corrected chi connectivity index (χ1v) is 7.82. The Balaban J connectivity index is -0.0000000400. The van der Waals surface area contributed by atoms with Crippen LogP contribution >= 0.6 is 0 Å². The van der Waals surface area contributed by atoms with Crippen molar-refractivity contribution in [3.05, 3.63) is 0 Å². The van der Waals surface area contributed by atoms with Crippen LogP contribution in [0.3, 0.4) is 0 Å². The maximum absolute atomic E-state index is 8.58. The van der Waals surface area contributed by atoms with E-state index in [2.05, 4.69) is 0 Å². The minimum atomic E-state index is -5.61. The molecule has 0 heterocycles. The molecule has 0 aromatic rings. The molecule has 0 saturated carbocycles. The molecule has 0 aromatic heterocycles. The zero-order chi connectivity index (χ0) is 13.5. The van der Waals surface area contributed by atoms with Gasteiger partial charge in [-0.05, 0) is 0 Å². The van der Waals surface area contributed by atoms with Gasteiger partial charge < -0.3 is 66.6 Å². The maximum atomic E-state index is 8.58. The first-order chi connectivity index (χ1) is 6.00. The van der Waals surface area contributed by atoms with Crippen LogP contribution in [0.4, 0.5) is 0 Å². The second-order valence-electron chi connectivity index (χ2n) is 1.70. The van der Waals surface area contributed by atoms with Crippen LogP contribution in [-0.2, 0) is 0 Å². The van der Waals surface area contributed by atoms with Crippen LogP contribution in [-0.4, -0.2) is 126 Å². The van der Waals surface area contributed by atoms with E-state index in [9.17, 15) is 0 Å². The molecule has 17 heavy (non-hydrogen) atoms. The van der Waals surface area contributed by atoms with E-state index >= 15 is 0 Å². The van der Waals surface area contributed by atoms with Gasteiger partial charge in [-0.25, -0.2) is 0 Å². The molecule has 0 bridgehead atoms. The van der Waals surface area contributed by atoms with E-state index in [0.29, 0.717) is 0 Å². The molecule has 0 rings (SSSR count). The van der Waals surface area contributed by atoms with Gasteiger partial charge in [0.1, 0.15) is 0 Å². The Labute approximate surface area is 144 Å². The average Bonchev–Trinajstić information content (AvgIpc) is 1.41. The van der Waals surface area contributed by atoms with Gasteiger partial charge >= 0.3 is 78.9 Å². The van der Waals surface area contributed by atoms with Crippen molar-refractivity contribution in [3.63, 3.8) is 0 Å². The smallest absolute Gasteiger partial charge is 0.894 e. The minimum absolute atomic E-state index is 0. The first kappa shape index (κ1) is 31.5. The van der Waals surface area contributed by atoms with Gasteiger partial charge in [-0.2, -0.15) is 0 Å². The number of hydrogen-bond donors (Lipinski definition) is 8. The Morgan fingerprint density at radius 2 is 0.529 bits per heavy atom. The third kappa shape index (κ3) is 989. The molecule has 0 aromatic carbocycles. The van der Waals surface area contributed by atoms with Crippen molar-refractivity contribution in [1.82, 2.24) is 0 Å². The van der Waals surface area contributed by atoms with Gasteiger partial charge in [0.05, 0.1) is 0 Å². The fraction of sp³-hybridized carbons (Fsp3) is 0. The molecule has 12 nitrogen and oxygen atoms in total. The van der Waals surface area contributed by atoms with Crippen molar-refractivity contribution < 1.29 is 57.5 Å². The SMILES string of the molecule is O[Si](O)(O)O.O[Si](O)(O)O.[Ca+2].[Mg+2].[O-][Si]([O-])([O-])[O-]. The minimum Gasteiger partial charge on any atom is -0.894 e. The van der Waals surface area contributed by atoms with Gasteiger partial charge in [-0.15, -0.1) is 0 Å². The Kier molecular flexibility index (Phi) is 24.5. The van der Waals surface area contributed by atoms with Crippen molar-refractivity contribution in [2.75, 3.05) is 0 Å². The molecule has 0 atom stereocenters. The first-order valence-electron chi connectivity index (χ1n) is 2.61. The molecular weight excluding hydrogens is 341 g/mol. The topological polar surface area (TPSA) is 254 Å². The average molecular weight is 349 g/mol. The van der Waals surface area contributed by atoms with Crippen molar-refractivity contribution in [3.8, 4) is 0 Å². The molecule has 8 N–H and O–H groups in total. The van der Waals surface area contributed by atoms with E-state index < -0.39 is 27.1 Å². The zero-order valence-electron chi connectivity index (χ0n) is 8.12. The number of hydrogen-bond acceptors (Lipinski definition) is 12. The van der Waals surface area contributed by atoms with Gasteiger partial charge in [0, 0.05) is 0 Å². The summed E-state index contributed by atoms with van der Waals surface area (Å²) >= 11 is 0. The summed E-state index contributed by atoms with van der Waals surface area (Å²) in [5.74, 6) is 0. The standard InChI is InChI=1S/Ca.Mg.2H4O4Si.O4Si/c;;3*1-5(2,3)4/h;;2*1-4H;/q2*+2;;;-4. The van der Waals surface area contributed by atoms with Gasteiger partial charge in [-0.3, -0.25) is 0 Å². The van der Waals surface area contributed by atoms with E-state index in [1.54, 1.807) is 0 Å². The summed E-state index contributed by atoms with van der Waals surface area (Å²) in [7, 11) is -14.8. The van der Waals surface area contributed by atoms with Crippen LogP contribution in [0.5, 0.6) is 0 Å². The van der Waals surface area contributed by atoms with Crippen LogP contribution in [0.2, 0.25) is 0 Å². The summed E-state index contributed by atoms with van der Waals surface area (Å²) < 4.78 is 0. The zero-order valence-corrected chi connectivity index (χ0v) is 14.7. The summed E-state index contributed by atoms with van der Waals surface area (Å²) in [6.45, 7) is 0. The maximum Gasteiger partial charge on any atom is 2.00 e. The molecule has 0 aliphatic heterocycles. The molecule has 0 fully saturated rings. The second-order valence-corrected chi connectivity index (χ2v) is 5.10. The molecule has 0 unspecified atom stereocenters. The number of rotatable bonds is 0. The second kappa shape index (κ2) is 13.2. The van der Waals surface area contributed by atoms with Gasteiger partial charge in [0.2, 0.25) is 0 Å². The predicted molar refractivity (Wildman–Crippen MR) is 46.5 cm³/mol. The van der Waals surface area contributed by atoms with E-state index in [4.69, 9.17) is 57.5 Å². The fourth-order valence-corrected chi connectivity index (χ4v) is 0. The van der Waals surface area contributed by atoms with Crippen LogP contribution in [0.25, 0.3) is 0 Å². The molecule has 17 heteroatoms. The molecule has 0 aliphatic carbocycles. The Bertz CT molecular complexity index is 96.8. The van der Waals surface area contributed by atoms with Crippen molar-refractivity contribution in [1.29, 1.82) is 0 Å². The summed E-state index contributed by atoms with van der Waals surface area (Å²) in [5, 5.41) is 0. The fourth-order valence-electron chi connectivity index (χ4n) is 0. The van der Waals surface area contributed by atoms with E-state index in [-0.39, 0.29) is 60.8 Å². The van der Waals surface area contributed by atoms with Crippen molar-refractivity contribution in [2.45, 2.75) is 0 Å². The van der Waals surface area contributed by atoms with Crippen LogP contribution < -0.4 is 19.2 Å². The van der Waals surface area contributed by atoms with Crippen LogP contribution in [0, 0.1) is 0 Å². The Hall–Kier alpha value is 2.20. The molecule has 0 aliphatic rings. The molecule has 0 saturated heterocycles. The van der Waals surface area contributed by atoms with Gasteiger partial charge in [0.25, 0.3) is 0 Å². The van der Waals surface area contributed by atoms with E-state index in [1.165, 1.54) is 0 Å². The largest absolute Gasteiger partial charge is 2.00 e. The third-order valence-electron chi connectivity index (χ3n) is 0. The molecular formula is H8CaMgO12Si3. The quantitative estimate of drug-likeness (QED) is 0.190. The monoisotopic (exact) mass is 348 g/mol. The van der Waals surface area contributed by atoms with E-state index in [0.717, 1.165) is 0 Å². The van der Waals surface area contributed by atoms with Gasteiger partial charge in [0.15, 0.2) is 0 Å². The third-order valence-corrected chi connectivity index (χ3v) is 0. The van der Waals surface area contributed by atoms with Gasteiger partial charge in [-0.1, -0.05) is 0 Å². The predicted octanol–water partition coefficient (Wildman–Crippen LogP) is -11.1. The molecule has 96 valence electrons. The van der Waals surface area contributed by atoms with E-state index in [1.807, 2.05) is 0 Å². The van der Waals surface area contributed by atoms with Crippen LogP contribution in [0.1, 0.15) is 0 Å².